The molecule has 22 heavy (non-hydrogen) atoms. The van der Waals surface area contributed by atoms with Gasteiger partial charge in [0.05, 0.1) is 0 Å². The van der Waals surface area contributed by atoms with Gasteiger partial charge in [-0.15, -0.1) is 0 Å². The van der Waals surface area contributed by atoms with Crippen LogP contribution in [-0.4, -0.2) is 23.7 Å². The highest BCUT2D eigenvalue weighted by Gasteiger charge is 1.99. The number of benzene rings is 1. The number of aliphatic hydroxyl groups is 1. The quantitative estimate of drug-likeness (QED) is 0.573. The second-order valence-electron chi connectivity index (χ2n) is 5.57. The Morgan fingerprint density at radius 2 is 2.14 bits per heavy atom. The minimum Gasteiger partial charge on any atom is -0.380 e. The van der Waals surface area contributed by atoms with Gasteiger partial charge in [-0.2, -0.15) is 0 Å². The van der Waals surface area contributed by atoms with Gasteiger partial charge < -0.3 is 10.4 Å². The first-order valence-electron chi connectivity index (χ1n) is 8.14. The molecule has 1 amide bonds. The summed E-state index contributed by atoms with van der Waals surface area (Å²) < 4.78 is 0. The van der Waals surface area contributed by atoms with Gasteiger partial charge in [0.2, 0.25) is 5.91 Å². The number of hydrogen-bond donors (Lipinski definition) is 2. The second kappa shape index (κ2) is 10.9. The van der Waals surface area contributed by atoms with Crippen molar-refractivity contribution in [2.24, 2.45) is 0 Å². The van der Waals surface area contributed by atoms with Crippen LogP contribution in [0.2, 0.25) is 0 Å². The lowest BCUT2D eigenvalue weighted by molar-refractivity contribution is -0.118. The fraction of sp³-hybridized carbons (Fsp3) is 0.526. The number of hydrogen-bond acceptors (Lipinski definition) is 2. The second-order valence-corrected chi connectivity index (χ2v) is 5.57. The Morgan fingerprint density at radius 3 is 2.86 bits per heavy atom. The SMILES string of the molecule is CCCCCC(O)C#Cc1cccc(CCCNC(C)=O)c1. The molecule has 0 aliphatic carbocycles. The number of amides is 1. The van der Waals surface area contributed by atoms with Crippen LogP contribution in [0.4, 0.5) is 0 Å². The number of nitrogens with one attached hydrogen (secondary N) is 1. The van der Waals surface area contributed by atoms with E-state index in [9.17, 15) is 9.90 Å². The third kappa shape index (κ3) is 8.49. The zero-order valence-electron chi connectivity index (χ0n) is 13.7. The van der Waals surface area contributed by atoms with E-state index in [0.717, 1.165) is 44.1 Å². The molecule has 2 N–H and O–H groups in total. The summed E-state index contributed by atoms with van der Waals surface area (Å²) in [4.78, 5) is 10.8. The first-order chi connectivity index (χ1) is 10.6. The van der Waals surface area contributed by atoms with E-state index >= 15 is 0 Å². The normalized spacial score (nSPS) is 11.4. The number of aliphatic hydroxyl groups excluding tert-OH is 1. The Bertz CT molecular complexity index is 514. The predicted octanol–water partition coefficient (Wildman–Crippen LogP) is 3.05. The lowest BCUT2D eigenvalue weighted by atomic mass is 10.1. The fourth-order valence-electron chi connectivity index (χ4n) is 2.19. The molecule has 0 spiro atoms. The van der Waals surface area contributed by atoms with Gasteiger partial charge in [-0.1, -0.05) is 43.7 Å². The van der Waals surface area contributed by atoms with Crippen LogP contribution in [0.1, 0.15) is 57.1 Å². The number of carbonyl (C=O) groups excluding carboxylic acids is 1. The van der Waals surface area contributed by atoms with Crippen LogP contribution in [0.25, 0.3) is 0 Å². The van der Waals surface area contributed by atoms with Crippen molar-refractivity contribution in [1.82, 2.24) is 5.32 Å². The van der Waals surface area contributed by atoms with Gasteiger partial charge in [0.1, 0.15) is 6.10 Å². The highest BCUT2D eigenvalue weighted by atomic mass is 16.3. The van der Waals surface area contributed by atoms with Crippen molar-refractivity contribution < 1.29 is 9.90 Å². The van der Waals surface area contributed by atoms with E-state index in [4.69, 9.17) is 0 Å². The highest BCUT2D eigenvalue weighted by molar-refractivity contribution is 5.72. The smallest absolute Gasteiger partial charge is 0.216 e. The summed E-state index contributed by atoms with van der Waals surface area (Å²) in [6.07, 6.45) is 5.36. The number of carbonyl (C=O) groups is 1. The number of rotatable bonds is 8. The van der Waals surface area contributed by atoms with Crippen molar-refractivity contribution in [2.75, 3.05) is 6.54 Å². The first kappa shape index (κ1) is 18.3. The molecule has 1 aromatic rings. The summed E-state index contributed by atoms with van der Waals surface area (Å²) in [6.45, 7) is 4.37. The van der Waals surface area contributed by atoms with E-state index < -0.39 is 6.10 Å². The first-order valence-corrected chi connectivity index (χ1v) is 8.14. The Labute approximate surface area is 134 Å². The van der Waals surface area contributed by atoms with Crippen molar-refractivity contribution in [2.45, 2.75) is 58.5 Å². The molecule has 120 valence electrons. The molecule has 0 saturated heterocycles. The Kier molecular flexibility index (Phi) is 9.02. The molecule has 0 bridgehead atoms. The van der Waals surface area contributed by atoms with Gasteiger partial charge in [0, 0.05) is 19.0 Å². The summed E-state index contributed by atoms with van der Waals surface area (Å²) in [6, 6.07) is 8.07. The van der Waals surface area contributed by atoms with Crippen LogP contribution in [0.15, 0.2) is 24.3 Å². The van der Waals surface area contributed by atoms with E-state index in [2.05, 4.69) is 36.2 Å². The Balaban J connectivity index is 2.45. The molecule has 0 aliphatic rings. The molecule has 1 aromatic carbocycles. The largest absolute Gasteiger partial charge is 0.380 e. The minimum absolute atomic E-state index is 0.0108. The maximum atomic E-state index is 10.8. The average molecular weight is 301 g/mol. The molecular formula is C19H27NO2. The van der Waals surface area contributed by atoms with Gasteiger partial charge in [0.15, 0.2) is 0 Å². The molecule has 1 rings (SSSR count). The van der Waals surface area contributed by atoms with Crippen molar-refractivity contribution in [3.63, 3.8) is 0 Å². The third-order valence-electron chi connectivity index (χ3n) is 3.41. The van der Waals surface area contributed by atoms with Crippen LogP contribution >= 0.6 is 0 Å². The van der Waals surface area contributed by atoms with Crippen molar-refractivity contribution in [3.8, 4) is 11.8 Å². The zero-order valence-corrected chi connectivity index (χ0v) is 13.7. The van der Waals surface area contributed by atoms with Gasteiger partial charge in [-0.3, -0.25) is 4.79 Å². The van der Waals surface area contributed by atoms with Crippen molar-refractivity contribution >= 4 is 5.91 Å². The van der Waals surface area contributed by atoms with Crippen molar-refractivity contribution in [3.05, 3.63) is 35.4 Å². The monoisotopic (exact) mass is 301 g/mol. The summed E-state index contributed by atoms with van der Waals surface area (Å²) in [5.74, 6) is 5.98. The van der Waals surface area contributed by atoms with Crippen LogP contribution < -0.4 is 5.32 Å². The van der Waals surface area contributed by atoms with E-state index in [0.29, 0.717) is 6.54 Å². The maximum absolute atomic E-state index is 10.8. The fourth-order valence-corrected chi connectivity index (χ4v) is 2.19. The maximum Gasteiger partial charge on any atom is 0.216 e. The zero-order chi connectivity index (χ0) is 16.2. The summed E-state index contributed by atoms with van der Waals surface area (Å²) in [5.41, 5.74) is 2.14. The van der Waals surface area contributed by atoms with Gasteiger partial charge in [-0.25, -0.2) is 0 Å². The highest BCUT2D eigenvalue weighted by Crippen LogP contribution is 2.07. The number of unbranched alkanes of at least 4 members (excludes halogenated alkanes) is 2. The molecule has 1 unspecified atom stereocenters. The minimum atomic E-state index is -0.532. The molecule has 1 atom stereocenters. The molecule has 0 fully saturated rings. The predicted molar refractivity (Wildman–Crippen MR) is 90.5 cm³/mol. The van der Waals surface area contributed by atoms with Gasteiger partial charge in [0.25, 0.3) is 0 Å². The van der Waals surface area contributed by atoms with Crippen molar-refractivity contribution in [1.29, 1.82) is 0 Å². The van der Waals surface area contributed by atoms with E-state index in [1.165, 1.54) is 12.5 Å². The summed E-state index contributed by atoms with van der Waals surface area (Å²) >= 11 is 0. The summed E-state index contributed by atoms with van der Waals surface area (Å²) in [7, 11) is 0. The molecule has 0 heterocycles. The van der Waals surface area contributed by atoms with E-state index in [1.54, 1.807) is 0 Å². The average Bonchev–Trinajstić information content (AvgIpc) is 2.50. The Hall–Kier alpha value is -1.79. The molecule has 3 heteroatoms. The van der Waals surface area contributed by atoms with E-state index in [1.807, 2.05) is 12.1 Å². The van der Waals surface area contributed by atoms with E-state index in [-0.39, 0.29) is 5.91 Å². The molecule has 0 aromatic heterocycles. The van der Waals surface area contributed by atoms with Gasteiger partial charge >= 0.3 is 0 Å². The summed E-state index contributed by atoms with van der Waals surface area (Å²) in [5, 5.41) is 12.6. The van der Waals surface area contributed by atoms with Gasteiger partial charge in [-0.05, 0) is 43.4 Å². The third-order valence-corrected chi connectivity index (χ3v) is 3.41. The lowest BCUT2D eigenvalue weighted by Crippen LogP contribution is -2.21. The lowest BCUT2D eigenvalue weighted by Gasteiger charge is -2.04. The Morgan fingerprint density at radius 1 is 1.32 bits per heavy atom. The van der Waals surface area contributed by atoms with Crippen LogP contribution in [-0.2, 0) is 11.2 Å². The molecule has 0 radical (unpaired) electrons. The standard InChI is InChI=1S/C19H27NO2/c1-3-4-5-11-19(22)13-12-18-9-6-8-17(15-18)10-7-14-20-16(2)21/h6,8-9,15,19,22H,3-5,7,10-11,14H2,1-2H3,(H,20,21). The van der Waals surface area contributed by atoms with Crippen LogP contribution in [0.5, 0.6) is 0 Å². The van der Waals surface area contributed by atoms with Crippen LogP contribution in [0, 0.1) is 11.8 Å². The number of aryl methyl sites for hydroxylation is 1. The molecule has 0 aliphatic heterocycles. The molecular weight excluding hydrogens is 274 g/mol. The topological polar surface area (TPSA) is 49.3 Å². The van der Waals surface area contributed by atoms with Crippen LogP contribution in [0.3, 0.4) is 0 Å². The molecule has 3 nitrogen and oxygen atoms in total. The molecule has 0 saturated carbocycles.